The summed E-state index contributed by atoms with van der Waals surface area (Å²) < 4.78 is 13.2. The number of terminal acetylenes is 1. The first-order valence-corrected chi connectivity index (χ1v) is 4.92. The zero-order valence-electron chi connectivity index (χ0n) is 8.79. The highest BCUT2D eigenvalue weighted by Gasteiger charge is 2.01. The van der Waals surface area contributed by atoms with Gasteiger partial charge in [-0.15, -0.1) is 6.42 Å². The zero-order valence-corrected chi connectivity index (χ0v) is 8.79. The van der Waals surface area contributed by atoms with Gasteiger partial charge in [0.1, 0.15) is 5.82 Å². The minimum atomic E-state index is -0.339. The molecule has 0 aliphatic heterocycles. The second-order valence-corrected chi connectivity index (χ2v) is 3.15. The maximum atomic E-state index is 13.2. The lowest BCUT2D eigenvalue weighted by atomic mass is 10.1. The van der Waals surface area contributed by atoms with Crippen molar-refractivity contribution in [3.8, 4) is 12.3 Å². The van der Waals surface area contributed by atoms with E-state index in [2.05, 4.69) is 16.6 Å². The summed E-state index contributed by atoms with van der Waals surface area (Å²) >= 11 is 0. The van der Waals surface area contributed by atoms with E-state index >= 15 is 0 Å². The van der Waals surface area contributed by atoms with Gasteiger partial charge in [0.25, 0.3) is 0 Å². The van der Waals surface area contributed by atoms with Crippen LogP contribution in [0.5, 0.6) is 0 Å². The summed E-state index contributed by atoms with van der Waals surface area (Å²) in [6, 6.07) is 6.14. The van der Waals surface area contributed by atoms with Gasteiger partial charge < -0.3 is 10.6 Å². The molecule has 0 aromatic heterocycles. The van der Waals surface area contributed by atoms with Crippen LogP contribution in [0.1, 0.15) is 5.56 Å². The van der Waals surface area contributed by atoms with Crippen LogP contribution in [-0.2, 0) is 6.42 Å². The Balaban J connectivity index is 2.29. The average molecular weight is 220 g/mol. The quantitative estimate of drug-likeness (QED) is 0.738. The van der Waals surface area contributed by atoms with E-state index in [9.17, 15) is 9.18 Å². The van der Waals surface area contributed by atoms with Crippen LogP contribution >= 0.6 is 0 Å². The van der Waals surface area contributed by atoms with Gasteiger partial charge >= 0.3 is 6.03 Å². The Morgan fingerprint density at radius 2 is 2.12 bits per heavy atom. The number of benzene rings is 1. The van der Waals surface area contributed by atoms with Crippen LogP contribution in [0.3, 0.4) is 0 Å². The Bertz CT molecular complexity index is 398. The lowest BCUT2D eigenvalue weighted by molar-refractivity contribution is 0.242. The van der Waals surface area contributed by atoms with Crippen molar-refractivity contribution >= 4 is 6.03 Å². The monoisotopic (exact) mass is 220 g/mol. The fourth-order valence-electron chi connectivity index (χ4n) is 1.21. The van der Waals surface area contributed by atoms with Gasteiger partial charge in [-0.3, -0.25) is 0 Å². The molecule has 1 aromatic carbocycles. The van der Waals surface area contributed by atoms with Crippen LogP contribution in [0, 0.1) is 18.2 Å². The van der Waals surface area contributed by atoms with E-state index in [1.807, 2.05) is 0 Å². The second kappa shape index (κ2) is 6.46. The van der Waals surface area contributed by atoms with Crippen LogP contribution in [0.25, 0.3) is 0 Å². The number of rotatable bonds is 4. The van der Waals surface area contributed by atoms with E-state index in [1.54, 1.807) is 18.2 Å². The topological polar surface area (TPSA) is 41.1 Å². The molecule has 4 heteroatoms. The largest absolute Gasteiger partial charge is 0.338 e. The molecule has 0 aliphatic rings. The molecule has 16 heavy (non-hydrogen) atoms. The highest BCUT2D eigenvalue weighted by molar-refractivity contribution is 5.74. The molecule has 2 amide bonds. The molecule has 0 spiro atoms. The van der Waals surface area contributed by atoms with Gasteiger partial charge in [0.15, 0.2) is 0 Å². The number of hydrogen-bond acceptors (Lipinski definition) is 1. The van der Waals surface area contributed by atoms with Crippen molar-refractivity contribution in [2.45, 2.75) is 6.42 Å². The molecule has 0 unspecified atom stereocenters. The molecule has 0 heterocycles. The third kappa shape index (κ3) is 4.01. The number of halogens is 1. The van der Waals surface area contributed by atoms with Crippen LogP contribution in [0.4, 0.5) is 9.18 Å². The van der Waals surface area contributed by atoms with Crippen molar-refractivity contribution in [2.24, 2.45) is 0 Å². The minimum absolute atomic E-state index is 0.186. The molecular weight excluding hydrogens is 207 g/mol. The number of hydrogen-bond donors (Lipinski definition) is 2. The normalized spacial score (nSPS) is 9.25. The molecule has 0 saturated heterocycles. The average Bonchev–Trinajstić information content (AvgIpc) is 2.29. The number of amides is 2. The molecule has 0 aliphatic carbocycles. The van der Waals surface area contributed by atoms with E-state index < -0.39 is 0 Å². The van der Waals surface area contributed by atoms with Crippen molar-refractivity contribution < 1.29 is 9.18 Å². The first-order valence-electron chi connectivity index (χ1n) is 4.92. The van der Waals surface area contributed by atoms with Gasteiger partial charge in [-0.1, -0.05) is 24.1 Å². The van der Waals surface area contributed by atoms with E-state index in [0.29, 0.717) is 18.5 Å². The molecule has 2 N–H and O–H groups in total. The zero-order chi connectivity index (χ0) is 11.8. The predicted octanol–water partition coefficient (Wildman–Crippen LogP) is 1.30. The summed E-state index contributed by atoms with van der Waals surface area (Å²) in [5.41, 5.74) is 0.583. The van der Waals surface area contributed by atoms with E-state index in [1.165, 1.54) is 6.07 Å². The molecule has 0 bridgehead atoms. The standard InChI is InChI=1S/C12H13FN2O/c1-2-8-14-12(16)15-9-7-10-5-3-4-6-11(10)13/h1,3-6H,7-9H2,(H2,14,15,16). The summed E-state index contributed by atoms with van der Waals surface area (Å²) in [6.45, 7) is 0.558. The molecule has 0 atom stereocenters. The lowest BCUT2D eigenvalue weighted by Crippen LogP contribution is -2.36. The second-order valence-electron chi connectivity index (χ2n) is 3.15. The number of nitrogens with one attached hydrogen (secondary N) is 2. The van der Waals surface area contributed by atoms with E-state index in [-0.39, 0.29) is 18.4 Å². The van der Waals surface area contributed by atoms with Crippen LogP contribution < -0.4 is 10.6 Å². The number of urea groups is 1. The van der Waals surface area contributed by atoms with Crippen LogP contribution in [0.15, 0.2) is 24.3 Å². The van der Waals surface area contributed by atoms with Gasteiger partial charge in [-0.2, -0.15) is 0 Å². The maximum absolute atomic E-state index is 13.2. The van der Waals surface area contributed by atoms with Crippen molar-refractivity contribution in [2.75, 3.05) is 13.1 Å². The van der Waals surface area contributed by atoms with Gasteiger partial charge in [0.2, 0.25) is 0 Å². The van der Waals surface area contributed by atoms with E-state index in [0.717, 1.165) is 0 Å². The first kappa shape index (κ1) is 12.1. The summed E-state index contributed by atoms with van der Waals surface area (Å²) in [4.78, 5) is 11.1. The Kier molecular flexibility index (Phi) is 4.87. The molecule has 0 fully saturated rings. The Morgan fingerprint density at radius 1 is 1.38 bits per heavy atom. The van der Waals surface area contributed by atoms with E-state index in [4.69, 9.17) is 6.42 Å². The van der Waals surface area contributed by atoms with Crippen molar-refractivity contribution in [3.05, 3.63) is 35.6 Å². The van der Waals surface area contributed by atoms with Crippen LogP contribution in [-0.4, -0.2) is 19.1 Å². The maximum Gasteiger partial charge on any atom is 0.315 e. The molecule has 0 radical (unpaired) electrons. The van der Waals surface area contributed by atoms with Crippen molar-refractivity contribution in [1.29, 1.82) is 0 Å². The minimum Gasteiger partial charge on any atom is -0.338 e. The molecule has 1 rings (SSSR count). The van der Waals surface area contributed by atoms with Gasteiger partial charge in [0, 0.05) is 6.54 Å². The van der Waals surface area contributed by atoms with Gasteiger partial charge in [-0.25, -0.2) is 9.18 Å². The number of carbonyl (C=O) groups is 1. The Hall–Kier alpha value is -2.02. The van der Waals surface area contributed by atoms with Gasteiger partial charge in [-0.05, 0) is 18.1 Å². The lowest BCUT2D eigenvalue weighted by Gasteiger charge is -2.05. The highest BCUT2D eigenvalue weighted by atomic mass is 19.1. The fraction of sp³-hybridized carbons (Fsp3) is 0.250. The third-order valence-corrected chi connectivity index (χ3v) is 1.99. The summed E-state index contributed by atoms with van der Waals surface area (Å²) in [5, 5.41) is 5.03. The van der Waals surface area contributed by atoms with Crippen LogP contribution in [0.2, 0.25) is 0 Å². The molecule has 3 nitrogen and oxygen atoms in total. The smallest absolute Gasteiger partial charge is 0.315 e. The molecular formula is C12H13FN2O. The molecule has 0 saturated carbocycles. The molecule has 84 valence electrons. The van der Waals surface area contributed by atoms with Crippen molar-refractivity contribution in [3.63, 3.8) is 0 Å². The van der Waals surface area contributed by atoms with Gasteiger partial charge in [0.05, 0.1) is 6.54 Å². The highest BCUT2D eigenvalue weighted by Crippen LogP contribution is 2.05. The summed E-state index contributed by atoms with van der Waals surface area (Å²) in [6.07, 6.45) is 5.43. The Morgan fingerprint density at radius 3 is 2.81 bits per heavy atom. The van der Waals surface area contributed by atoms with Crippen molar-refractivity contribution in [1.82, 2.24) is 10.6 Å². The fourth-order valence-corrected chi connectivity index (χ4v) is 1.21. The molecule has 1 aromatic rings. The summed E-state index contributed by atoms with van der Waals surface area (Å²) in [7, 11) is 0. The number of carbonyl (C=O) groups excluding carboxylic acids is 1. The predicted molar refractivity (Wildman–Crippen MR) is 60.3 cm³/mol. The Labute approximate surface area is 94.0 Å². The SMILES string of the molecule is C#CCNC(=O)NCCc1ccccc1F. The summed E-state index contributed by atoms with van der Waals surface area (Å²) in [5.74, 6) is 2.03. The first-order chi connectivity index (χ1) is 7.74. The third-order valence-electron chi connectivity index (χ3n) is 1.99.